The molecule has 2 N–H and O–H groups in total. The van der Waals surface area contributed by atoms with Crippen molar-refractivity contribution in [2.75, 3.05) is 12.3 Å². The Kier molecular flexibility index (Phi) is 10.0. The summed E-state index contributed by atoms with van der Waals surface area (Å²) in [5.74, 6) is -0.550. The Balaban J connectivity index is 1.43. The number of hydrogen-bond acceptors (Lipinski definition) is 5. The van der Waals surface area contributed by atoms with Crippen molar-refractivity contribution < 1.29 is 22.3 Å². The molecule has 1 aromatic heterocycles. The van der Waals surface area contributed by atoms with Crippen LogP contribution >= 0.6 is 23.2 Å². The van der Waals surface area contributed by atoms with Crippen molar-refractivity contribution in [3.8, 4) is 22.5 Å². The molecule has 5 aromatic rings. The first-order valence-electron chi connectivity index (χ1n) is 14.7. The number of hydrogen-bond donors (Lipinski definition) is 2. The highest BCUT2D eigenvalue weighted by Crippen LogP contribution is 2.35. The van der Waals surface area contributed by atoms with Gasteiger partial charge in [0.1, 0.15) is 0 Å². The molecule has 238 valence electrons. The molecule has 0 saturated heterocycles. The van der Waals surface area contributed by atoms with E-state index in [4.69, 9.17) is 32.3 Å². The maximum atomic E-state index is 12.5. The number of carbonyl (C=O) groups excluding carboxylic acids is 1. The largest absolute Gasteiger partial charge is 0.356 e. The average molecular weight is 678 g/mol. The Morgan fingerprint density at radius 2 is 1.50 bits per heavy atom. The van der Waals surface area contributed by atoms with Gasteiger partial charge in [-0.2, -0.15) is 8.42 Å². The van der Waals surface area contributed by atoms with Gasteiger partial charge in [-0.05, 0) is 82.1 Å². The predicted octanol–water partition coefficient (Wildman–Crippen LogP) is 8.61. The molecule has 0 radical (unpaired) electrons. The van der Waals surface area contributed by atoms with E-state index in [1.54, 1.807) is 12.1 Å². The van der Waals surface area contributed by atoms with E-state index in [-0.39, 0.29) is 17.9 Å². The van der Waals surface area contributed by atoms with Gasteiger partial charge < -0.3 is 9.84 Å². The molecule has 1 heterocycles. The van der Waals surface area contributed by atoms with Gasteiger partial charge in [0.15, 0.2) is 5.76 Å². The van der Waals surface area contributed by atoms with Crippen LogP contribution in [0, 0.1) is 0 Å². The number of halogens is 2. The third kappa shape index (κ3) is 8.65. The summed E-state index contributed by atoms with van der Waals surface area (Å²) < 4.78 is 36.7. The first-order chi connectivity index (χ1) is 21.7. The number of aromatic nitrogens is 1. The minimum absolute atomic E-state index is 0.00122. The molecule has 0 bridgehead atoms. The summed E-state index contributed by atoms with van der Waals surface area (Å²) in [7, 11) is -4.16. The van der Waals surface area contributed by atoms with E-state index >= 15 is 0 Å². The van der Waals surface area contributed by atoms with E-state index in [2.05, 4.69) is 55.5 Å². The van der Waals surface area contributed by atoms with Crippen LogP contribution in [0.2, 0.25) is 10.0 Å². The maximum absolute atomic E-state index is 12.5. The molecule has 0 aliphatic rings. The highest BCUT2D eigenvalue weighted by molar-refractivity contribution is 7.85. The lowest BCUT2D eigenvalue weighted by atomic mass is 9.83. The lowest BCUT2D eigenvalue weighted by Gasteiger charge is -2.21. The quantitative estimate of drug-likeness (QED) is 0.143. The van der Waals surface area contributed by atoms with Gasteiger partial charge in [-0.15, -0.1) is 0 Å². The molecule has 5 rings (SSSR count). The van der Waals surface area contributed by atoms with Crippen molar-refractivity contribution in [1.82, 2.24) is 10.5 Å². The van der Waals surface area contributed by atoms with E-state index in [1.807, 2.05) is 60.7 Å². The molecule has 4 aromatic carbocycles. The summed E-state index contributed by atoms with van der Waals surface area (Å²) in [6.45, 7) is 6.34. The van der Waals surface area contributed by atoms with Crippen molar-refractivity contribution in [3.05, 3.63) is 135 Å². The minimum atomic E-state index is -4.16. The molecule has 1 atom stereocenters. The van der Waals surface area contributed by atoms with Crippen LogP contribution in [-0.4, -0.2) is 36.3 Å². The fraction of sp³-hybridized carbons (Fsp3) is 0.222. The van der Waals surface area contributed by atoms with Crippen LogP contribution in [0.25, 0.3) is 22.5 Å². The second kappa shape index (κ2) is 13.8. The van der Waals surface area contributed by atoms with E-state index < -0.39 is 21.8 Å². The zero-order valence-corrected chi connectivity index (χ0v) is 28.0. The SMILES string of the molecule is CC(C)(C)c1ccc(C(Cc2ccc(C(=O)NCCS(=O)(=O)O)cc2)c2cc(-c3cc(Cl)cc(-c4ccc(Cl)cc4)c3)on2)cc1. The third-order valence-corrected chi connectivity index (χ3v) is 8.92. The van der Waals surface area contributed by atoms with Gasteiger partial charge in [0.25, 0.3) is 16.0 Å². The molecule has 7 nitrogen and oxygen atoms in total. The third-order valence-electron chi connectivity index (χ3n) is 7.73. The standard InChI is InChI=1S/C36H34Cl2N2O5S/c1-36(2,3)29-12-8-25(9-13-29)32(18-23-4-6-26(7-5-23)35(41)39-16-17-46(42,43)44)33-22-34(45-40-33)28-19-27(20-31(38)21-28)24-10-14-30(37)15-11-24/h4-15,19-22,32H,16-18H2,1-3H3,(H,39,41)(H,42,43,44). The van der Waals surface area contributed by atoms with Gasteiger partial charge in [0.2, 0.25) is 0 Å². The van der Waals surface area contributed by atoms with E-state index in [1.165, 1.54) is 5.56 Å². The molecule has 0 fully saturated rings. The molecule has 1 unspecified atom stereocenters. The second-order valence-electron chi connectivity index (χ2n) is 12.2. The molecule has 46 heavy (non-hydrogen) atoms. The van der Waals surface area contributed by atoms with E-state index in [0.29, 0.717) is 27.8 Å². The topological polar surface area (TPSA) is 110 Å². The van der Waals surface area contributed by atoms with Crippen molar-refractivity contribution in [2.45, 2.75) is 38.5 Å². The average Bonchev–Trinajstić information content (AvgIpc) is 3.49. The Morgan fingerprint density at radius 3 is 2.13 bits per heavy atom. The zero-order chi connectivity index (χ0) is 33.1. The van der Waals surface area contributed by atoms with E-state index in [0.717, 1.165) is 33.5 Å². The van der Waals surface area contributed by atoms with Crippen LogP contribution in [0.4, 0.5) is 0 Å². The molecule has 0 aliphatic heterocycles. The highest BCUT2D eigenvalue weighted by Gasteiger charge is 2.22. The highest BCUT2D eigenvalue weighted by atomic mass is 35.5. The zero-order valence-electron chi connectivity index (χ0n) is 25.6. The van der Waals surface area contributed by atoms with Crippen LogP contribution in [0.1, 0.15) is 59.4 Å². The van der Waals surface area contributed by atoms with Crippen molar-refractivity contribution in [3.63, 3.8) is 0 Å². The lowest BCUT2D eigenvalue weighted by Crippen LogP contribution is -2.28. The van der Waals surface area contributed by atoms with Gasteiger partial charge >= 0.3 is 0 Å². The maximum Gasteiger partial charge on any atom is 0.266 e. The molecule has 10 heteroatoms. The van der Waals surface area contributed by atoms with E-state index in [9.17, 15) is 13.2 Å². The van der Waals surface area contributed by atoms with Crippen LogP contribution in [0.5, 0.6) is 0 Å². The van der Waals surface area contributed by atoms with Crippen LogP contribution in [0.3, 0.4) is 0 Å². The smallest absolute Gasteiger partial charge is 0.266 e. The minimum Gasteiger partial charge on any atom is -0.356 e. The predicted molar refractivity (Wildman–Crippen MR) is 183 cm³/mol. The molecule has 0 spiro atoms. The summed E-state index contributed by atoms with van der Waals surface area (Å²) in [6.07, 6.45) is 0.580. The monoisotopic (exact) mass is 676 g/mol. The van der Waals surface area contributed by atoms with Crippen molar-refractivity contribution >= 4 is 39.2 Å². The first-order valence-corrected chi connectivity index (χ1v) is 17.1. The molecule has 0 aliphatic carbocycles. The molecule has 1 amide bonds. The Bertz CT molecular complexity index is 1930. The number of nitrogens with zero attached hydrogens (tertiary/aromatic N) is 1. The number of nitrogens with one attached hydrogen (secondary N) is 1. The summed E-state index contributed by atoms with van der Waals surface area (Å²) in [5, 5.41) is 8.24. The van der Waals surface area contributed by atoms with Gasteiger partial charge in [-0.1, -0.05) is 97.7 Å². The summed E-state index contributed by atoms with van der Waals surface area (Å²) in [6, 6.07) is 30.9. The lowest BCUT2D eigenvalue weighted by molar-refractivity contribution is 0.0956. The molecular weight excluding hydrogens is 643 g/mol. The van der Waals surface area contributed by atoms with Crippen LogP contribution < -0.4 is 5.32 Å². The normalized spacial score (nSPS) is 12.6. The number of amides is 1. The number of benzene rings is 4. The molecule has 0 saturated carbocycles. The number of carbonyl (C=O) groups is 1. The Morgan fingerprint density at radius 1 is 0.848 bits per heavy atom. The van der Waals surface area contributed by atoms with Gasteiger partial charge in [-0.3, -0.25) is 9.35 Å². The summed E-state index contributed by atoms with van der Waals surface area (Å²) in [4.78, 5) is 12.5. The second-order valence-corrected chi connectivity index (χ2v) is 14.7. The first kappa shape index (κ1) is 33.4. The summed E-state index contributed by atoms with van der Waals surface area (Å²) in [5.41, 5.74) is 7.07. The van der Waals surface area contributed by atoms with Gasteiger partial charge in [0, 0.05) is 39.7 Å². The van der Waals surface area contributed by atoms with Crippen molar-refractivity contribution in [2.24, 2.45) is 0 Å². The van der Waals surface area contributed by atoms with Crippen LogP contribution in [-0.2, 0) is 22.0 Å². The van der Waals surface area contributed by atoms with Crippen molar-refractivity contribution in [1.29, 1.82) is 0 Å². The Hall–Kier alpha value is -3.95. The number of rotatable bonds is 10. The fourth-order valence-corrected chi connectivity index (χ4v) is 5.88. The van der Waals surface area contributed by atoms with Gasteiger partial charge in [0.05, 0.1) is 11.4 Å². The van der Waals surface area contributed by atoms with Gasteiger partial charge in [-0.25, -0.2) is 0 Å². The Labute approximate surface area is 279 Å². The summed E-state index contributed by atoms with van der Waals surface area (Å²) >= 11 is 12.6. The molecular formula is C36H34Cl2N2O5S. The van der Waals surface area contributed by atoms with Crippen LogP contribution in [0.15, 0.2) is 102 Å². The fourth-order valence-electron chi connectivity index (χ4n) is 5.16.